The molecule has 0 aliphatic carbocycles. The van der Waals surface area contributed by atoms with Crippen molar-refractivity contribution >= 4 is 21.9 Å². The highest BCUT2D eigenvalue weighted by molar-refractivity contribution is 6.02. The average molecular weight is 254 g/mol. The molecule has 4 rings (SSSR count). The van der Waals surface area contributed by atoms with Crippen LogP contribution in [-0.2, 0) is 0 Å². The van der Waals surface area contributed by atoms with Gasteiger partial charge in [0.2, 0.25) is 0 Å². The molecule has 4 aromatic rings. The van der Waals surface area contributed by atoms with Gasteiger partial charge in [0.15, 0.2) is 5.82 Å². The predicted molar refractivity (Wildman–Crippen MR) is 66.8 cm³/mol. The van der Waals surface area contributed by atoms with Gasteiger partial charge in [-0.05, 0) is 18.2 Å². The van der Waals surface area contributed by atoms with Crippen molar-refractivity contribution < 1.29 is 8.91 Å². The van der Waals surface area contributed by atoms with E-state index < -0.39 is 0 Å². The standard InChI is InChI=1S/C13H7FN4O/c14-7-1-2-9-8(5-7)12-11(6-15-9)16-13(17-12)10-3-4-19-18-10/h1-6H,(H,16,17). The fourth-order valence-electron chi connectivity index (χ4n) is 2.09. The molecule has 1 N–H and O–H groups in total. The summed E-state index contributed by atoms with van der Waals surface area (Å²) in [5.41, 5.74) is 2.70. The molecule has 0 spiro atoms. The lowest BCUT2D eigenvalue weighted by Gasteiger charge is -1.97. The molecule has 0 saturated carbocycles. The van der Waals surface area contributed by atoms with Gasteiger partial charge in [0.05, 0.1) is 17.2 Å². The Kier molecular flexibility index (Phi) is 1.94. The van der Waals surface area contributed by atoms with Gasteiger partial charge in [0.25, 0.3) is 0 Å². The first kappa shape index (κ1) is 10.2. The maximum Gasteiger partial charge on any atom is 0.160 e. The first-order chi connectivity index (χ1) is 9.31. The van der Waals surface area contributed by atoms with E-state index in [1.54, 1.807) is 18.3 Å². The van der Waals surface area contributed by atoms with Crippen molar-refractivity contribution in [2.45, 2.75) is 0 Å². The molecule has 0 aliphatic rings. The van der Waals surface area contributed by atoms with E-state index in [0.29, 0.717) is 27.9 Å². The van der Waals surface area contributed by atoms with Crippen LogP contribution in [0, 0.1) is 5.82 Å². The van der Waals surface area contributed by atoms with E-state index in [1.807, 2.05) is 0 Å². The van der Waals surface area contributed by atoms with Gasteiger partial charge in [0.1, 0.15) is 23.3 Å². The van der Waals surface area contributed by atoms with E-state index in [1.165, 1.54) is 18.4 Å². The third kappa shape index (κ3) is 1.50. The molecule has 3 heterocycles. The molecule has 0 aliphatic heterocycles. The van der Waals surface area contributed by atoms with Gasteiger partial charge in [-0.15, -0.1) is 0 Å². The second-order valence-corrected chi connectivity index (χ2v) is 4.15. The Morgan fingerprint density at radius 2 is 2.16 bits per heavy atom. The molecule has 1 aromatic carbocycles. The van der Waals surface area contributed by atoms with Crippen molar-refractivity contribution in [2.24, 2.45) is 0 Å². The summed E-state index contributed by atoms with van der Waals surface area (Å²) < 4.78 is 18.1. The predicted octanol–water partition coefficient (Wildman–Crippen LogP) is 2.91. The molecule has 6 heteroatoms. The molecule has 0 saturated heterocycles. The largest absolute Gasteiger partial charge is 0.364 e. The minimum atomic E-state index is -0.312. The Morgan fingerprint density at radius 1 is 1.21 bits per heavy atom. The monoisotopic (exact) mass is 254 g/mol. The quantitative estimate of drug-likeness (QED) is 0.567. The average Bonchev–Trinajstić information content (AvgIpc) is 3.07. The second-order valence-electron chi connectivity index (χ2n) is 4.15. The van der Waals surface area contributed by atoms with Crippen molar-refractivity contribution in [2.75, 3.05) is 0 Å². The third-order valence-electron chi connectivity index (χ3n) is 2.96. The third-order valence-corrected chi connectivity index (χ3v) is 2.96. The lowest BCUT2D eigenvalue weighted by atomic mass is 10.2. The summed E-state index contributed by atoms with van der Waals surface area (Å²) in [5.74, 6) is 0.259. The highest BCUT2D eigenvalue weighted by Crippen LogP contribution is 2.25. The first-order valence-electron chi connectivity index (χ1n) is 5.66. The number of fused-ring (bicyclic) bond motifs is 3. The van der Waals surface area contributed by atoms with Crippen LogP contribution in [0.5, 0.6) is 0 Å². The molecule has 0 amide bonds. The fraction of sp³-hybridized carbons (Fsp3) is 0. The van der Waals surface area contributed by atoms with Gasteiger partial charge in [-0.3, -0.25) is 4.98 Å². The molecule has 92 valence electrons. The minimum Gasteiger partial charge on any atom is -0.364 e. The van der Waals surface area contributed by atoms with Gasteiger partial charge in [0, 0.05) is 11.5 Å². The number of nitrogens with one attached hydrogen (secondary N) is 1. The lowest BCUT2D eigenvalue weighted by molar-refractivity contribution is 0.422. The Balaban J connectivity index is 2.07. The summed E-state index contributed by atoms with van der Waals surface area (Å²) in [6.07, 6.45) is 3.14. The number of hydrogen-bond donors (Lipinski definition) is 1. The smallest absolute Gasteiger partial charge is 0.160 e. The summed E-state index contributed by atoms with van der Waals surface area (Å²) >= 11 is 0. The summed E-state index contributed by atoms with van der Waals surface area (Å²) in [6.45, 7) is 0. The van der Waals surface area contributed by atoms with Crippen molar-refractivity contribution in [3.8, 4) is 11.5 Å². The zero-order chi connectivity index (χ0) is 12.8. The van der Waals surface area contributed by atoms with Crippen LogP contribution in [0.25, 0.3) is 33.5 Å². The van der Waals surface area contributed by atoms with E-state index >= 15 is 0 Å². The summed E-state index contributed by atoms with van der Waals surface area (Å²) in [4.78, 5) is 11.8. The van der Waals surface area contributed by atoms with E-state index in [4.69, 9.17) is 4.52 Å². The maximum atomic E-state index is 13.4. The fourth-order valence-corrected chi connectivity index (χ4v) is 2.09. The van der Waals surface area contributed by atoms with Crippen LogP contribution >= 0.6 is 0 Å². The SMILES string of the molecule is Fc1ccc2ncc3[nH]c(-c4ccon4)nc3c2c1. The summed E-state index contributed by atoms with van der Waals surface area (Å²) in [6, 6.07) is 6.15. The molecule has 0 atom stereocenters. The number of H-pyrrole nitrogens is 1. The van der Waals surface area contributed by atoms with E-state index in [-0.39, 0.29) is 5.82 Å². The second kappa shape index (κ2) is 3.61. The molecule has 3 aromatic heterocycles. The first-order valence-corrected chi connectivity index (χ1v) is 5.66. The zero-order valence-electron chi connectivity index (χ0n) is 9.59. The normalized spacial score (nSPS) is 11.4. The molecule has 0 radical (unpaired) electrons. The van der Waals surface area contributed by atoms with Crippen molar-refractivity contribution in [3.63, 3.8) is 0 Å². The highest BCUT2D eigenvalue weighted by atomic mass is 19.1. The van der Waals surface area contributed by atoms with E-state index in [9.17, 15) is 4.39 Å². The van der Waals surface area contributed by atoms with Crippen LogP contribution in [0.4, 0.5) is 4.39 Å². The number of aromatic nitrogens is 4. The van der Waals surface area contributed by atoms with Crippen LogP contribution in [0.15, 0.2) is 41.2 Å². The minimum absolute atomic E-state index is 0.312. The van der Waals surface area contributed by atoms with Crippen LogP contribution in [0.3, 0.4) is 0 Å². The van der Waals surface area contributed by atoms with Gasteiger partial charge in [-0.1, -0.05) is 5.16 Å². The number of halogens is 1. The van der Waals surface area contributed by atoms with Crippen molar-refractivity contribution in [1.29, 1.82) is 0 Å². The molecule has 0 bridgehead atoms. The van der Waals surface area contributed by atoms with Crippen molar-refractivity contribution in [3.05, 3.63) is 42.5 Å². The van der Waals surface area contributed by atoms with E-state index in [2.05, 4.69) is 20.1 Å². The Morgan fingerprint density at radius 3 is 3.00 bits per heavy atom. The van der Waals surface area contributed by atoms with Crippen LogP contribution in [0.2, 0.25) is 0 Å². The van der Waals surface area contributed by atoms with E-state index in [0.717, 1.165) is 5.52 Å². The van der Waals surface area contributed by atoms with Crippen LogP contribution < -0.4 is 0 Å². The molecular weight excluding hydrogens is 247 g/mol. The number of nitrogens with zero attached hydrogens (tertiary/aromatic N) is 3. The molecule has 0 unspecified atom stereocenters. The molecule has 0 fully saturated rings. The zero-order valence-corrected chi connectivity index (χ0v) is 9.59. The molecular formula is C13H7FN4O. The van der Waals surface area contributed by atoms with Gasteiger partial charge in [-0.2, -0.15) is 0 Å². The summed E-state index contributed by atoms with van der Waals surface area (Å²) in [7, 11) is 0. The molecule has 19 heavy (non-hydrogen) atoms. The molecule has 5 nitrogen and oxygen atoms in total. The van der Waals surface area contributed by atoms with Gasteiger partial charge in [-0.25, -0.2) is 9.37 Å². The topological polar surface area (TPSA) is 67.6 Å². The van der Waals surface area contributed by atoms with Gasteiger partial charge >= 0.3 is 0 Å². The Bertz CT molecular complexity index is 882. The van der Waals surface area contributed by atoms with Gasteiger partial charge < -0.3 is 9.51 Å². The number of rotatable bonds is 1. The van der Waals surface area contributed by atoms with Crippen LogP contribution in [-0.4, -0.2) is 20.1 Å². The highest BCUT2D eigenvalue weighted by Gasteiger charge is 2.11. The van der Waals surface area contributed by atoms with Crippen molar-refractivity contribution in [1.82, 2.24) is 20.1 Å². The number of aromatic amines is 1. The number of hydrogen-bond acceptors (Lipinski definition) is 4. The number of benzene rings is 1. The lowest BCUT2D eigenvalue weighted by Crippen LogP contribution is -1.82. The maximum absolute atomic E-state index is 13.4. The Labute approximate surface area is 106 Å². The number of pyridine rings is 1. The summed E-state index contributed by atoms with van der Waals surface area (Å²) in [5, 5.41) is 4.49. The van der Waals surface area contributed by atoms with Crippen LogP contribution in [0.1, 0.15) is 0 Å². The number of imidazole rings is 1. The Hall–Kier alpha value is -2.76.